The lowest BCUT2D eigenvalue weighted by Gasteiger charge is -2.28. The van der Waals surface area contributed by atoms with E-state index in [9.17, 15) is 4.79 Å². The van der Waals surface area contributed by atoms with E-state index in [0.29, 0.717) is 6.54 Å². The molecule has 1 aromatic rings. The van der Waals surface area contributed by atoms with Gasteiger partial charge in [-0.25, -0.2) is 0 Å². The molecule has 1 saturated heterocycles. The molecule has 2 unspecified atom stereocenters. The third-order valence-corrected chi connectivity index (χ3v) is 2.94. The Balaban J connectivity index is 1.94. The molecule has 19 heavy (non-hydrogen) atoms. The third kappa shape index (κ3) is 3.68. The van der Waals surface area contributed by atoms with Crippen LogP contribution >= 0.6 is 0 Å². The second-order valence-electron chi connectivity index (χ2n) is 4.86. The number of ether oxygens (including phenoxy) is 2. The summed E-state index contributed by atoms with van der Waals surface area (Å²) in [5.74, 6) is -0.0509. The SMILES string of the molecule is CC(C)Oc1ccc(C2CNC(C(=O)O)CO2)cc1. The topological polar surface area (TPSA) is 67.8 Å². The first-order valence-electron chi connectivity index (χ1n) is 6.40. The number of carbonyl (C=O) groups is 1. The molecular formula is C14H19NO4. The van der Waals surface area contributed by atoms with Crippen LogP contribution in [0.3, 0.4) is 0 Å². The van der Waals surface area contributed by atoms with Crippen LogP contribution in [-0.4, -0.2) is 36.4 Å². The molecule has 0 aromatic heterocycles. The van der Waals surface area contributed by atoms with Gasteiger partial charge in [0, 0.05) is 6.54 Å². The molecule has 5 heteroatoms. The van der Waals surface area contributed by atoms with Crippen LogP contribution in [0.5, 0.6) is 5.75 Å². The van der Waals surface area contributed by atoms with Crippen LogP contribution in [-0.2, 0) is 9.53 Å². The summed E-state index contributed by atoms with van der Waals surface area (Å²) in [6.45, 7) is 4.65. The van der Waals surface area contributed by atoms with Gasteiger partial charge in [-0.2, -0.15) is 0 Å². The van der Waals surface area contributed by atoms with Crippen molar-refractivity contribution in [1.29, 1.82) is 0 Å². The highest BCUT2D eigenvalue weighted by Crippen LogP contribution is 2.23. The number of benzene rings is 1. The zero-order valence-electron chi connectivity index (χ0n) is 11.1. The smallest absolute Gasteiger partial charge is 0.323 e. The molecule has 0 spiro atoms. The van der Waals surface area contributed by atoms with Crippen LogP contribution in [0.2, 0.25) is 0 Å². The van der Waals surface area contributed by atoms with Crippen molar-refractivity contribution in [2.75, 3.05) is 13.2 Å². The van der Waals surface area contributed by atoms with Crippen LogP contribution < -0.4 is 10.1 Å². The van der Waals surface area contributed by atoms with E-state index < -0.39 is 12.0 Å². The molecule has 5 nitrogen and oxygen atoms in total. The molecule has 2 rings (SSSR count). The van der Waals surface area contributed by atoms with Crippen LogP contribution in [0.15, 0.2) is 24.3 Å². The predicted molar refractivity (Wildman–Crippen MR) is 70.3 cm³/mol. The number of hydrogen-bond donors (Lipinski definition) is 2. The Hall–Kier alpha value is -1.59. The van der Waals surface area contributed by atoms with Crippen molar-refractivity contribution in [2.24, 2.45) is 0 Å². The third-order valence-electron chi connectivity index (χ3n) is 2.94. The van der Waals surface area contributed by atoms with Gasteiger partial charge in [0.05, 0.1) is 18.8 Å². The monoisotopic (exact) mass is 265 g/mol. The van der Waals surface area contributed by atoms with Crippen molar-refractivity contribution in [3.63, 3.8) is 0 Å². The van der Waals surface area contributed by atoms with Crippen LogP contribution in [0.25, 0.3) is 0 Å². The van der Waals surface area contributed by atoms with Gasteiger partial charge in [-0.15, -0.1) is 0 Å². The molecule has 1 fully saturated rings. The predicted octanol–water partition coefficient (Wildman–Crippen LogP) is 1.59. The van der Waals surface area contributed by atoms with Gasteiger partial charge in [0.2, 0.25) is 0 Å². The van der Waals surface area contributed by atoms with E-state index in [2.05, 4.69) is 5.32 Å². The quantitative estimate of drug-likeness (QED) is 0.865. The van der Waals surface area contributed by atoms with Crippen LogP contribution in [0.1, 0.15) is 25.5 Å². The molecule has 0 bridgehead atoms. The normalized spacial score (nSPS) is 23.3. The Morgan fingerprint density at radius 1 is 1.42 bits per heavy atom. The second-order valence-corrected chi connectivity index (χ2v) is 4.86. The van der Waals surface area contributed by atoms with Gasteiger partial charge in [0.15, 0.2) is 0 Å². The summed E-state index contributed by atoms with van der Waals surface area (Å²) in [7, 11) is 0. The second kappa shape index (κ2) is 6.04. The molecule has 1 aromatic carbocycles. The van der Waals surface area contributed by atoms with E-state index in [1.807, 2.05) is 38.1 Å². The van der Waals surface area contributed by atoms with E-state index in [-0.39, 0.29) is 18.8 Å². The lowest BCUT2D eigenvalue weighted by molar-refractivity contribution is -0.144. The molecule has 1 aliphatic rings. The molecule has 0 radical (unpaired) electrons. The van der Waals surface area contributed by atoms with Crippen LogP contribution in [0, 0.1) is 0 Å². The van der Waals surface area contributed by atoms with Crippen LogP contribution in [0.4, 0.5) is 0 Å². The molecule has 0 amide bonds. The number of carboxylic acids is 1. The standard InChI is InChI=1S/C14H19NO4/c1-9(2)19-11-5-3-10(4-6-11)13-7-15-12(8-18-13)14(16)17/h3-6,9,12-13,15H,7-8H2,1-2H3,(H,16,17). The average molecular weight is 265 g/mol. The summed E-state index contributed by atoms with van der Waals surface area (Å²) in [4.78, 5) is 10.8. The minimum absolute atomic E-state index is 0.108. The first-order chi connectivity index (χ1) is 9.06. The van der Waals surface area contributed by atoms with E-state index >= 15 is 0 Å². The lowest BCUT2D eigenvalue weighted by atomic mass is 10.1. The summed E-state index contributed by atoms with van der Waals surface area (Å²) in [6, 6.07) is 7.10. The summed E-state index contributed by atoms with van der Waals surface area (Å²) >= 11 is 0. The Morgan fingerprint density at radius 3 is 2.58 bits per heavy atom. The first kappa shape index (κ1) is 13.8. The Kier molecular flexibility index (Phi) is 4.39. The molecule has 1 aliphatic heterocycles. The van der Waals surface area contributed by atoms with Crippen molar-refractivity contribution < 1.29 is 19.4 Å². The fourth-order valence-corrected chi connectivity index (χ4v) is 1.99. The number of rotatable bonds is 4. The van der Waals surface area contributed by atoms with Crippen molar-refractivity contribution >= 4 is 5.97 Å². The van der Waals surface area contributed by atoms with E-state index in [1.54, 1.807) is 0 Å². The van der Waals surface area contributed by atoms with Gasteiger partial charge in [-0.05, 0) is 31.5 Å². The molecule has 104 valence electrons. The maximum absolute atomic E-state index is 10.8. The molecule has 2 N–H and O–H groups in total. The molecular weight excluding hydrogens is 246 g/mol. The largest absolute Gasteiger partial charge is 0.491 e. The maximum atomic E-state index is 10.8. The number of hydrogen-bond acceptors (Lipinski definition) is 4. The Bertz CT molecular complexity index is 422. The van der Waals surface area contributed by atoms with Gasteiger partial charge < -0.3 is 14.6 Å². The zero-order valence-corrected chi connectivity index (χ0v) is 11.1. The van der Waals surface area contributed by atoms with Gasteiger partial charge in [-0.3, -0.25) is 10.1 Å². The summed E-state index contributed by atoms with van der Waals surface area (Å²) < 4.78 is 11.1. The number of carboxylic acid groups (broad SMARTS) is 1. The van der Waals surface area contributed by atoms with E-state index in [0.717, 1.165) is 11.3 Å². The Labute approximate surface area is 112 Å². The van der Waals surface area contributed by atoms with Crippen molar-refractivity contribution in [2.45, 2.75) is 32.1 Å². The van der Waals surface area contributed by atoms with Gasteiger partial charge in [-0.1, -0.05) is 12.1 Å². The molecule has 0 saturated carbocycles. The summed E-state index contributed by atoms with van der Waals surface area (Å²) in [5, 5.41) is 11.8. The van der Waals surface area contributed by atoms with E-state index in [4.69, 9.17) is 14.6 Å². The highest BCUT2D eigenvalue weighted by Gasteiger charge is 2.26. The Morgan fingerprint density at radius 2 is 2.11 bits per heavy atom. The highest BCUT2D eigenvalue weighted by molar-refractivity contribution is 5.73. The molecule has 0 aliphatic carbocycles. The van der Waals surface area contributed by atoms with Gasteiger partial charge in [0.25, 0.3) is 0 Å². The van der Waals surface area contributed by atoms with E-state index in [1.165, 1.54) is 0 Å². The fourth-order valence-electron chi connectivity index (χ4n) is 1.99. The minimum atomic E-state index is -0.876. The van der Waals surface area contributed by atoms with Crippen molar-refractivity contribution in [3.8, 4) is 5.75 Å². The number of morpholine rings is 1. The van der Waals surface area contributed by atoms with Crippen molar-refractivity contribution in [1.82, 2.24) is 5.32 Å². The number of aliphatic carboxylic acids is 1. The van der Waals surface area contributed by atoms with Crippen molar-refractivity contribution in [3.05, 3.63) is 29.8 Å². The maximum Gasteiger partial charge on any atom is 0.323 e. The average Bonchev–Trinajstić information content (AvgIpc) is 2.39. The lowest BCUT2D eigenvalue weighted by Crippen LogP contribution is -2.47. The molecule has 2 atom stereocenters. The van der Waals surface area contributed by atoms with Gasteiger partial charge in [0.1, 0.15) is 11.8 Å². The fraction of sp³-hybridized carbons (Fsp3) is 0.500. The number of nitrogens with one attached hydrogen (secondary N) is 1. The minimum Gasteiger partial charge on any atom is -0.491 e. The zero-order chi connectivity index (χ0) is 13.8. The molecule has 1 heterocycles. The summed E-state index contributed by atoms with van der Waals surface area (Å²) in [6.07, 6.45) is 0.0403. The van der Waals surface area contributed by atoms with Gasteiger partial charge >= 0.3 is 5.97 Å². The first-order valence-corrected chi connectivity index (χ1v) is 6.40. The highest BCUT2D eigenvalue weighted by atomic mass is 16.5. The summed E-state index contributed by atoms with van der Waals surface area (Å²) in [5.41, 5.74) is 1.02.